The van der Waals surface area contributed by atoms with E-state index in [1.54, 1.807) is 6.07 Å². The summed E-state index contributed by atoms with van der Waals surface area (Å²) >= 11 is 1.05. The lowest BCUT2D eigenvalue weighted by Gasteiger charge is -2.21. The number of nitrogens with zero attached hydrogens (tertiary/aromatic N) is 2. The van der Waals surface area contributed by atoms with Gasteiger partial charge >= 0.3 is 6.18 Å². The van der Waals surface area contributed by atoms with E-state index >= 15 is 0 Å². The summed E-state index contributed by atoms with van der Waals surface area (Å²) in [6, 6.07) is 13.4. The lowest BCUT2D eigenvalue weighted by molar-refractivity contribution is -0.186. The Morgan fingerprint density at radius 2 is 2.03 bits per heavy atom. The SMILES string of the molecule is O=C(NOC1CCCCO1)c1ccc(-c2cc(C(F)(F)F)n(CCc3ccccc3)n2)s1. The molecule has 1 amide bonds. The number of amides is 1. The Bertz CT molecular complexity index is 1040. The Morgan fingerprint density at radius 1 is 1.22 bits per heavy atom. The van der Waals surface area contributed by atoms with Crippen molar-refractivity contribution in [3.8, 4) is 10.6 Å². The van der Waals surface area contributed by atoms with Crippen molar-refractivity contribution in [2.75, 3.05) is 6.61 Å². The number of hydroxylamine groups is 1. The van der Waals surface area contributed by atoms with Crippen LogP contribution in [-0.2, 0) is 28.7 Å². The van der Waals surface area contributed by atoms with Crippen LogP contribution < -0.4 is 5.48 Å². The van der Waals surface area contributed by atoms with Crippen LogP contribution in [0, 0.1) is 0 Å². The van der Waals surface area contributed by atoms with Crippen molar-refractivity contribution in [3.05, 3.63) is 64.7 Å². The standard InChI is InChI=1S/C22H22F3N3O3S/c23-22(24,25)19-14-16(26-28(19)12-11-15-6-2-1-3-7-15)17-9-10-18(32-17)21(29)27-31-20-8-4-5-13-30-20/h1-3,6-7,9-10,14,20H,4-5,8,11-13H2,(H,27,29). The van der Waals surface area contributed by atoms with Gasteiger partial charge in [0.15, 0.2) is 6.29 Å². The molecule has 0 aliphatic carbocycles. The van der Waals surface area contributed by atoms with Crippen molar-refractivity contribution in [2.24, 2.45) is 0 Å². The van der Waals surface area contributed by atoms with Crippen LogP contribution in [0.4, 0.5) is 13.2 Å². The fourth-order valence-electron chi connectivity index (χ4n) is 3.39. The summed E-state index contributed by atoms with van der Waals surface area (Å²) in [6.45, 7) is 0.672. The van der Waals surface area contributed by atoms with Crippen LogP contribution >= 0.6 is 11.3 Å². The number of hydrogen-bond donors (Lipinski definition) is 1. The van der Waals surface area contributed by atoms with Crippen molar-refractivity contribution < 1.29 is 27.5 Å². The first-order valence-corrected chi connectivity index (χ1v) is 11.1. The summed E-state index contributed by atoms with van der Waals surface area (Å²) < 4.78 is 47.1. The second-order valence-electron chi connectivity index (χ2n) is 7.38. The third-order valence-corrected chi connectivity index (χ3v) is 6.14. The van der Waals surface area contributed by atoms with Gasteiger partial charge in [-0.05, 0) is 43.0 Å². The first-order chi connectivity index (χ1) is 15.4. The topological polar surface area (TPSA) is 65.4 Å². The lowest BCUT2D eigenvalue weighted by Crippen LogP contribution is -2.32. The first-order valence-electron chi connectivity index (χ1n) is 10.3. The van der Waals surface area contributed by atoms with Crippen LogP contribution in [0.3, 0.4) is 0 Å². The van der Waals surface area contributed by atoms with Crippen LogP contribution in [0.25, 0.3) is 10.6 Å². The van der Waals surface area contributed by atoms with Crippen LogP contribution in [-0.4, -0.2) is 28.6 Å². The maximum atomic E-state index is 13.6. The van der Waals surface area contributed by atoms with E-state index in [0.29, 0.717) is 29.2 Å². The Labute approximate surface area is 186 Å². The monoisotopic (exact) mass is 465 g/mol. The quantitative estimate of drug-likeness (QED) is 0.496. The molecule has 170 valence electrons. The number of carbonyl (C=O) groups excluding carboxylic acids is 1. The molecule has 1 aliphatic heterocycles. The van der Waals surface area contributed by atoms with Gasteiger partial charge in [0, 0.05) is 19.6 Å². The fourth-order valence-corrected chi connectivity index (χ4v) is 4.23. The second kappa shape index (κ2) is 9.85. The normalized spacial score (nSPS) is 16.8. The highest BCUT2D eigenvalue weighted by Gasteiger charge is 2.36. The van der Waals surface area contributed by atoms with Gasteiger partial charge in [-0.15, -0.1) is 11.3 Å². The number of thiophene rings is 1. The molecule has 6 nitrogen and oxygen atoms in total. The first kappa shape index (κ1) is 22.5. The molecule has 1 fully saturated rings. The average molecular weight is 465 g/mol. The van der Waals surface area contributed by atoms with Gasteiger partial charge in [0.2, 0.25) is 0 Å². The fraction of sp³-hybridized carbons (Fsp3) is 0.364. The molecule has 10 heteroatoms. The summed E-state index contributed by atoms with van der Waals surface area (Å²) in [5.41, 5.74) is 2.63. The summed E-state index contributed by atoms with van der Waals surface area (Å²) in [6.07, 6.45) is -1.99. The molecule has 1 atom stereocenters. The minimum absolute atomic E-state index is 0.0901. The number of alkyl halides is 3. The van der Waals surface area contributed by atoms with Crippen molar-refractivity contribution in [1.82, 2.24) is 15.3 Å². The van der Waals surface area contributed by atoms with E-state index in [2.05, 4.69) is 10.6 Å². The van der Waals surface area contributed by atoms with E-state index in [1.807, 2.05) is 30.3 Å². The van der Waals surface area contributed by atoms with Crippen molar-refractivity contribution in [1.29, 1.82) is 0 Å². The average Bonchev–Trinajstić information content (AvgIpc) is 3.45. The summed E-state index contributed by atoms with van der Waals surface area (Å²) in [5, 5.41) is 4.18. The predicted octanol–water partition coefficient (Wildman–Crippen LogP) is 5.06. The molecular formula is C22H22F3N3O3S. The summed E-state index contributed by atoms with van der Waals surface area (Å²) in [5.74, 6) is -0.477. The molecule has 1 aromatic carbocycles. The highest BCUT2D eigenvalue weighted by molar-refractivity contribution is 7.17. The molecular weight excluding hydrogens is 443 g/mol. The molecule has 1 saturated heterocycles. The van der Waals surface area contributed by atoms with Gasteiger partial charge in [-0.25, -0.2) is 10.3 Å². The zero-order chi connectivity index (χ0) is 22.6. The predicted molar refractivity (Wildman–Crippen MR) is 113 cm³/mol. The number of benzene rings is 1. The number of aryl methyl sites for hydroxylation is 2. The number of hydrogen-bond acceptors (Lipinski definition) is 5. The highest BCUT2D eigenvalue weighted by atomic mass is 32.1. The number of halogens is 3. The van der Waals surface area contributed by atoms with Gasteiger partial charge < -0.3 is 4.74 Å². The molecule has 32 heavy (non-hydrogen) atoms. The molecule has 1 aliphatic rings. The van der Waals surface area contributed by atoms with Gasteiger partial charge in [0.25, 0.3) is 5.91 Å². The maximum absolute atomic E-state index is 13.6. The van der Waals surface area contributed by atoms with Crippen molar-refractivity contribution in [3.63, 3.8) is 0 Å². The van der Waals surface area contributed by atoms with Crippen LogP contribution in [0.15, 0.2) is 48.5 Å². The van der Waals surface area contributed by atoms with Gasteiger partial charge in [-0.3, -0.25) is 9.48 Å². The lowest BCUT2D eigenvalue weighted by atomic mass is 10.1. The van der Waals surface area contributed by atoms with E-state index in [4.69, 9.17) is 9.57 Å². The molecule has 0 bridgehead atoms. The summed E-state index contributed by atoms with van der Waals surface area (Å²) in [4.78, 5) is 18.4. The van der Waals surface area contributed by atoms with Gasteiger partial charge in [0.1, 0.15) is 11.4 Å². The number of carbonyl (C=O) groups is 1. The van der Waals surface area contributed by atoms with Gasteiger partial charge in [0.05, 0.1) is 9.75 Å². The van der Waals surface area contributed by atoms with Gasteiger partial charge in [-0.1, -0.05) is 30.3 Å². The van der Waals surface area contributed by atoms with Crippen molar-refractivity contribution in [2.45, 2.75) is 44.7 Å². The van der Waals surface area contributed by atoms with E-state index in [1.165, 1.54) is 6.07 Å². The molecule has 2 aromatic heterocycles. The van der Waals surface area contributed by atoms with E-state index in [0.717, 1.165) is 40.5 Å². The zero-order valence-electron chi connectivity index (χ0n) is 17.1. The minimum atomic E-state index is -4.53. The van der Waals surface area contributed by atoms with E-state index in [-0.39, 0.29) is 12.2 Å². The van der Waals surface area contributed by atoms with Crippen LogP contribution in [0.5, 0.6) is 0 Å². The largest absolute Gasteiger partial charge is 0.433 e. The molecule has 0 saturated carbocycles. The Hall–Kier alpha value is -2.69. The Morgan fingerprint density at radius 3 is 2.75 bits per heavy atom. The maximum Gasteiger partial charge on any atom is 0.433 e. The van der Waals surface area contributed by atoms with Gasteiger partial charge in [-0.2, -0.15) is 18.3 Å². The molecule has 3 heterocycles. The molecule has 4 rings (SSSR count). The zero-order valence-corrected chi connectivity index (χ0v) is 17.9. The van der Waals surface area contributed by atoms with E-state index in [9.17, 15) is 18.0 Å². The number of nitrogens with one attached hydrogen (secondary N) is 1. The molecule has 1 N–H and O–H groups in total. The third kappa shape index (κ3) is 5.56. The molecule has 1 unspecified atom stereocenters. The van der Waals surface area contributed by atoms with Crippen molar-refractivity contribution >= 4 is 17.2 Å². The van der Waals surface area contributed by atoms with Crippen LogP contribution in [0.1, 0.15) is 40.2 Å². The number of aromatic nitrogens is 2. The van der Waals surface area contributed by atoms with Crippen LogP contribution in [0.2, 0.25) is 0 Å². The second-order valence-corrected chi connectivity index (χ2v) is 8.46. The number of rotatable bonds is 7. The molecule has 0 radical (unpaired) electrons. The smallest absolute Gasteiger partial charge is 0.350 e. The minimum Gasteiger partial charge on any atom is -0.350 e. The third-order valence-electron chi connectivity index (χ3n) is 5.03. The number of ether oxygens (including phenoxy) is 1. The molecule has 0 spiro atoms. The van der Waals surface area contributed by atoms with E-state index < -0.39 is 24.1 Å². The Kier molecular flexibility index (Phi) is 6.92. The Balaban J connectivity index is 1.46. The molecule has 3 aromatic rings. The highest BCUT2D eigenvalue weighted by Crippen LogP contribution is 2.34. The summed E-state index contributed by atoms with van der Waals surface area (Å²) in [7, 11) is 0.